The minimum atomic E-state index is 0.00610. The highest BCUT2D eigenvalue weighted by Gasteiger charge is 2.13. The number of benzene rings is 2. The topological polar surface area (TPSA) is 42.8 Å². The molecule has 24 heavy (non-hydrogen) atoms. The number of quaternary nitrogens is 1. The quantitative estimate of drug-likeness (QED) is 0.788. The molecule has 1 amide bonds. The van der Waals surface area contributed by atoms with Gasteiger partial charge in [-0.15, -0.1) is 0 Å². The molecule has 0 aliphatic carbocycles. The summed E-state index contributed by atoms with van der Waals surface area (Å²) >= 11 is 0. The van der Waals surface area contributed by atoms with Crippen molar-refractivity contribution < 1.29 is 14.4 Å². The monoisotopic (exact) mass is 325 g/mol. The van der Waals surface area contributed by atoms with Gasteiger partial charge < -0.3 is 15.0 Å². The van der Waals surface area contributed by atoms with Gasteiger partial charge in [0.15, 0.2) is 0 Å². The highest BCUT2D eigenvalue weighted by Crippen LogP contribution is 2.19. The van der Waals surface area contributed by atoms with E-state index in [0.717, 1.165) is 56.9 Å². The Morgan fingerprint density at radius 3 is 2.33 bits per heavy atom. The second-order valence-electron chi connectivity index (χ2n) is 6.17. The normalized spacial score (nSPS) is 15.2. The summed E-state index contributed by atoms with van der Waals surface area (Å²) in [4.78, 5) is 13.8. The molecule has 4 nitrogen and oxygen atoms in total. The van der Waals surface area contributed by atoms with Crippen LogP contribution in [0.3, 0.4) is 0 Å². The molecular weight excluding hydrogens is 300 g/mol. The third-order valence-corrected chi connectivity index (χ3v) is 4.45. The number of ether oxygens (including phenoxy) is 1. The van der Waals surface area contributed by atoms with Crippen LogP contribution in [0, 0.1) is 0 Å². The fourth-order valence-electron chi connectivity index (χ4n) is 3.00. The van der Waals surface area contributed by atoms with E-state index >= 15 is 0 Å². The van der Waals surface area contributed by atoms with E-state index in [0.29, 0.717) is 5.56 Å². The molecule has 0 unspecified atom stereocenters. The van der Waals surface area contributed by atoms with Gasteiger partial charge in [0, 0.05) is 18.5 Å². The van der Waals surface area contributed by atoms with E-state index in [1.54, 1.807) is 4.90 Å². The Labute approximate surface area is 143 Å². The first-order valence-corrected chi connectivity index (χ1v) is 8.68. The van der Waals surface area contributed by atoms with Gasteiger partial charge in [-0.2, -0.15) is 0 Å². The molecule has 0 spiro atoms. The first kappa shape index (κ1) is 16.7. The predicted molar refractivity (Wildman–Crippen MR) is 95.2 cm³/mol. The first-order chi connectivity index (χ1) is 11.8. The highest BCUT2D eigenvalue weighted by atomic mass is 16.5. The molecule has 2 N–H and O–H groups in total. The van der Waals surface area contributed by atoms with E-state index in [1.807, 2.05) is 42.5 Å². The van der Waals surface area contributed by atoms with Crippen LogP contribution in [-0.2, 0) is 4.74 Å². The second-order valence-corrected chi connectivity index (χ2v) is 6.17. The van der Waals surface area contributed by atoms with Gasteiger partial charge in [-0.1, -0.05) is 42.5 Å². The van der Waals surface area contributed by atoms with Crippen LogP contribution in [0.4, 0.5) is 0 Å². The zero-order valence-corrected chi connectivity index (χ0v) is 14.0. The number of amides is 1. The molecule has 2 aromatic rings. The molecule has 1 saturated heterocycles. The summed E-state index contributed by atoms with van der Waals surface area (Å²) in [6.45, 7) is 5.69. The van der Waals surface area contributed by atoms with Crippen LogP contribution in [0.1, 0.15) is 16.8 Å². The van der Waals surface area contributed by atoms with Gasteiger partial charge in [0.1, 0.15) is 13.1 Å². The number of nitrogens with one attached hydrogen (secondary N) is 2. The summed E-state index contributed by atoms with van der Waals surface area (Å²) in [6.07, 6.45) is 1.00. The van der Waals surface area contributed by atoms with E-state index in [-0.39, 0.29) is 5.91 Å². The lowest BCUT2D eigenvalue weighted by molar-refractivity contribution is -0.908. The average molecular weight is 325 g/mol. The Kier molecular flexibility index (Phi) is 5.99. The van der Waals surface area contributed by atoms with Gasteiger partial charge in [0.25, 0.3) is 5.91 Å². The molecule has 0 atom stereocenters. The summed E-state index contributed by atoms with van der Waals surface area (Å²) in [6, 6.07) is 18.0. The SMILES string of the molecule is O=C(NCCC[NH+]1CCOCC1)c1ccc(-c2ccccc2)cc1. The summed E-state index contributed by atoms with van der Waals surface area (Å²) < 4.78 is 5.35. The summed E-state index contributed by atoms with van der Waals surface area (Å²) in [5.41, 5.74) is 3.01. The van der Waals surface area contributed by atoms with E-state index in [2.05, 4.69) is 17.4 Å². The van der Waals surface area contributed by atoms with E-state index in [9.17, 15) is 4.79 Å². The fourth-order valence-corrected chi connectivity index (χ4v) is 3.00. The Hall–Kier alpha value is -2.17. The highest BCUT2D eigenvalue weighted by molar-refractivity contribution is 5.94. The molecule has 1 aliphatic heterocycles. The van der Waals surface area contributed by atoms with Crippen LogP contribution in [0.2, 0.25) is 0 Å². The van der Waals surface area contributed by atoms with Gasteiger partial charge in [0.05, 0.1) is 19.8 Å². The largest absolute Gasteiger partial charge is 0.370 e. The lowest BCUT2D eigenvalue weighted by Gasteiger charge is -2.23. The molecule has 0 saturated carbocycles. The predicted octanol–water partition coefficient (Wildman–Crippen LogP) is 1.39. The Bertz CT molecular complexity index is 634. The summed E-state index contributed by atoms with van der Waals surface area (Å²) in [5, 5.41) is 3.01. The Morgan fingerprint density at radius 2 is 1.62 bits per heavy atom. The van der Waals surface area contributed by atoms with Gasteiger partial charge in [0.2, 0.25) is 0 Å². The Morgan fingerprint density at radius 1 is 0.958 bits per heavy atom. The van der Waals surface area contributed by atoms with Crippen LogP contribution >= 0.6 is 0 Å². The lowest BCUT2D eigenvalue weighted by atomic mass is 10.0. The molecule has 0 radical (unpaired) electrons. The smallest absolute Gasteiger partial charge is 0.251 e. The van der Waals surface area contributed by atoms with Crippen molar-refractivity contribution in [1.82, 2.24) is 5.32 Å². The average Bonchev–Trinajstić information content (AvgIpc) is 2.67. The van der Waals surface area contributed by atoms with E-state index in [4.69, 9.17) is 4.74 Å². The fraction of sp³-hybridized carbons (Fsp3) is 0.350. The van der Waals surface area contributed by atoms with Crippen molar-refractivity contribution in [3.05, 3.63) is 60.2 Å². The molecule has 0 aromatic heterocycles. The lowest BCUT2D eigenvalue weighted by Crippen LogP contribution is -3.14. The zero-order valence-electron chi connectivity index (χ0n) is 14.0. The number of carbonyl (C=O) groups is 1. The van der Waals surface area contributed by atoms with Crippen molar-refractivity contribution in [1.29, 1.82) is 0 Å². The number of hydrogen-bond donors (Lipinski definition) is 2. The molecule has 2 aromatic carbocycles. The van der Waals surface area contributed by atoms with Crippen molar-refractivity contribution in [3.8, 4) is 11.1 Å². The van der Waals surface area contributed by atoms with Crippen LogP contribution in [0.5, 0.6) is 0 Å². The van der Waals surface area contributed by atoms with E-state index < -0.39 is 0 Å². The van der Waals surface area contributed by atoms with Crippen LogP contribution in [-0.4, -0.2) is 45.3 Å². The van der Waals surface area contributed by atoms with Crippen LogP contribution in [0.15, 0.2) is 54.6 Å². The molecule has 1 heterocycles. The molecule has 126 valence electrons. The van der Waals surface area contributed by atoms with Crippen molar-refractivity contribution in [2.24, 2.45) is 0 Å². The molecule has 1 aliphatic rings. The van der Waals surface area contributed by atoms with Crippen molar-refractivity contribution >= 4 is 5.91 Å². The molecule has 4 heteroatoms. The third kappa shape index (κ3) is 4.66. The second kappa shape index (κ2) is 8.62. The maximum absolute atomic E-state index is 12.2. The summed E-state index contributed by atoms with van der Waals surface area (Å²) in [7, 11) is 0. The van der Waals surface area contributed by atoms with Crippen LogP contribution < -0.4 is 10.2 Å². The minimum absolute atomic E-state index is 0.00610. The van der Waals surface area contributed by atoms with Crippen LogP contribution in [0.25, 0.3) is 11.1 Å². The number of rotatable bonds is 6. The maximum Gasteiger partial charge on any atom is 0.251 e. The number of carbonyl (C=O) groups excluding carboxylic acids is 1. The van der Waals surface area contributed by atoms with Crippen molar-refractivity contribution in [2.75, 3.05) is 39.4 Å². The minimum Gasteiger partial charge on any atom is -0.370 e. The third-order valence-electron chi connectivity index (χ3n) is 4.45. The van der Waals surface area contributed by atoms with Gasteiger partial charge in [-0.05, 0) is 23.3 Å². The Balaban J connectivity index is 1.45. The van der Waals surface area contributed by atoms with Crippen molar-refractivity contribution in [3.63, 3.8) is 0 Å². The van der Waals surface area contributed by atoms with Gasteiger partial charge >= 0.3 is 0 Å². The van der Waals surface area contributed by atoms with Crippen molar-refractivity contribution in [2.45, 2.75) is 6.42 Å². The van der Waals surface area contributed by atoms with E-state index in [1.165, 1.54) is 0 Å². The molecular formula is C20H25N2O2+. The standard InChI is InChI=1S/C20H24N2O2/c23-20(21-11-4-12-22-13-15-24-16-14-22)19-9-7-18(8-10-19)17-5-2-1-3-6-17/h1-3,5-10H,4,11-16H2,(H,21,23)/p+1. The maximum atomic E-state index is 12.2. The summed E-state index contributed by atoms with van der Waals surface area (Å²) in [5.74, 6) is 0.00610. The molecule has 1 fully saturated rings. The van der Waals surface area contributed by atoms with Gasteiger partial charge in [-0.25, -0.2) is 0 Å². The first-order valence-electron chi connectivity index (χ1n) is 8.68. The van der Waals surface area contributed by atoms with Gasteiger partial charge in [-0.3, -0.25) is 4.79 Å². The number of hydrogen-bond acceptors (Lipinski definition) is 2. The molecule has 0 bridgehead atoms. The molecule has 3 rings (SSSR count). The zero-order chi connectivity index (χ0) is 16.6. The number of morpholine rings is 1.